The normalized spacial score (nSPS) is 15.4. The van der Waals surface area contributed by atoms with Crippen LogP contribution in [0.4, 0.5) is 5.82 Å². The molecule has 2 aromatic heterocycles. The van der Waals surface area contributed by atoms with E-state index in [0.29, 0.717) is 10.0 Å². The molecule has 1 aliphatic heterocycles. The Morgan fingerprint density at radius 2 is 1.65 bits per heavy atom. The van der Waals surface area contributed by atoms with Crippen molar-refractivity contribution in [2.45, 2.75) is 0 Å². The SMILES string of the molecule is CN1CCN(c2n[nH]c(-c3ccc(Cl)c(Cl)c3)c2-c2ccncc2)CC1. The molecule has 0 spiro atoms. The van der Waals surface area contributed by atoms with Gasteiger partial charge in [0, 0.05) is 44.1 Å². The molecule has 7 heteroatoms. The van der Waals surface area contributed by atoms with E-state index in [1.807, 2.05) is 30.3 Å². The van der Waals surface area contributed by atoms with Crippen LogP contribution < -0.4 is 4.90 Å². The molecule has 0 saturated carbocycles. The van der Waals surface area contributed by atoms with Crippen LogP contribution in [0, 0.1) is 0 Å². The molecular weight excluding hydrogens is 369 g/mol. The third-order valence-corrected chi connectivity index (χ3v) is 5.47. The summed E-state index contributed by atoms with van der Waals surface area (Å²) in [5.74, 6) is 0.963. The summed E-state index contributed by atoms with van der Waals surface area (Å²) >= 11 is 12.3. The number of hydrogen-bond acceptors (Lipinski definition) is 4. The van der Waals surface area contributed by atoms with E-state index in [-0.39, 0.29) is 0 Å². The van der Waals surface area contributed by atoms with Gasteiger partial charge in [-0.2, -0.15) is 5.10 Å². The number of aromatic amines is 1. The highest BCUT2D eigenvalue weighted by atomic mass is 35.5. The monoisotopic (exact) mass is 387 g/mol. The van der Waals surface area contributed by atoms with Gasteiger partial charge >= 0.3 is 0 Å². The van der Waals surface area contributed by atoms with Crippen LogP contribution in [0.15, 0.2) is 42.7 Å². The van der Waals surface area contributed by atoms with Gasteiger partial charge in [-0.1, -0.05) is 29.3 Å². The van der Waals surface area contributed by atoms with E-state index in [1.54, 1.807) is 12.4 Å². The fourth-order valence-electron chi connectivity index (χ4n) is 3.23. The second kappa shape index (κ2) is 7.27. The van der Waals surface area contributed by atoms with Gasteiger partial charge in [0.1, 0.15) is 0 Å². The Hall–Kier alpha value is -2.08. The van der Waals surface area contributed by atoms with Crippen LogP contribution >= 0.6 is 23.2 Å². The number of benzene rings is 1. The average Bonchev–Trinajstić information content (AvgIpc) is 3.10. The van der Waals surface area contributed by atoms with Gasteiger partial charge in [-0.05, 0) is 36.9 Å². The van der Waals surface area contributed by atoms with Gasteiger partial charge in [0.25, 0.3) is 0 Å². The fraction of sp³-hybridized carbons (Fsp3) is 0.263. The Bertz CT molecular complexity index is 902. The highest BCUT2D eigenvalue weighted by Crippen LogP contribution is 2.39. The predicted molar refractivity (Wildman–Crippen MR) is 107 cm³/mol. The number of anilines is 1. The molecule has 0 bridgehead atoms. The second-order valence-corrected chi connectivity index (χ2v) is 7.27. The second-order valence-electron chi connectivity index (χ2n) is 6.45. The van der Waals surface area contributed by atoms with Crippen molar-refractivity contribution in [2.75, 3.05) is 38.1 Å². The van der Waals surface area contributed by atoms with E-state index in [4.69, 9.17) is 23.2 Å². The zero-order valence-electron chi connectivity index (χ0n) is 14.4. The molecule has 0 radical (unpaired) electrons. The third kappa shape index (κ3) is 3.30. The van der Waals surface area contributed by atoms with E-state index < -0.39 is 0 Å². The predicted octanol–water partition coefficient (Wildman–Crippen LogP) is 4.20. The van der Waals surface area contributed by atoms with Crippen LogP contribution in [-0.2, 0) is 0 Å². The van der Waals surface area contributed by atoms with Gasteiger partial charge in [-0.3, -0.25) is 10.1 Å². The Balaban J connectivity index is 1.83. The smallest absolute Gasteiger partial charge is 0.159 e. The lowest BCUT2D eigenvalue weighted by molar-refractivity contribution is 0.312. The fourth-order valence-corrected chi connectivity index (χ4v) is 3.53. The van der Waals surface area contributed by atoms with Crippen LogP contribution in [0.3, 0.4) is 0 Å². The van der Waals surface area contributed by atoms with E-state index in [0.717, 1.165) is 54.4 Å². The lowest BCUT2D eigenvalue weighted by atomic mass is 10.0. The highest BCUT2D eigenvalue weighted by molar-refractivity contribution is 6.42. The maximum atomic E-state index is 6.24. The number of nitrogens with zero attached hydrogens (tertiary/aromatic N) is 4. The number of H-pyrrole nitrogens is 1. The Morgan fingerprint density at radius 3 is 2.35 bits per heavy atom. The summed E-state index contributed by atoms with van der Waals surface area (Å²) in [6, 6.07) is 9.65. The van der Waals surface area contributed by atoms with Crippen molar-refractivity contribution >= 4 is 29.0 Å². The standard InChI is InChI=1S/C19H19Cl2N5/c1-25-8-10-26(11-9-25)19-17(13-4-6-22-7-5-13)18(23-24-19)14-2-3-15(20)16(21)12-14/h2-7,12H,8-11H2,1H3,(H,23,24). The molecule has 3 heterocycles. The van der Waals surface area contributed by atoms with Crippen molar-refractivity contribution < 1.29 is 0 Å². The molecule has 1 aromatic carbocycles. The van der Waals surface area contributed by atoms with E-state index in [1.165, 1.54) is 0 Å². The maximum Gasteiger partial charge on any atom is 0.159 e. The molecule has 0 amide bonds. The van der Waals surface area contributed by atoms with Gasteiger partial charge in [-0.15, -0.1) is 0 Å². The first-order valence-corrected chi connectivity index (χ1v) is 9.27. The van der Waals surface area contributed by atoms with Gasteiger partial charge in [0.2, 0.25) is 0 Å². The number of halogens is 2. The number of rotatable bonds is 3. The zero-order chi connectivity index (χ0) is 18.1. The number of nitrogens with one attached hydrogen (secondary N) is 1. The van der Waals surface area contributed by atoms with Crippen molar-refractivity contribution in [3.63, 3.8) is 0 Å². The topological polar surface area (TPSA) is 48.0 Å². The van der Waals surface area contributed by atoms with E-state index in [2.05, 4.69) is 32.0 Å². The Kier molecular flexibility index (Phi) is 4.85. The lowest BCUT2D eigenvalue weighted by Gasteiger charge is -2.33. The number of pyridine rings is 1. The van der Waals surface area contributed by atoms with Gasteiger partial charge < -0.3 is 9.80 Å². The number of piperazine rings is 1. The number of likely N-dealkylation sites (N-methyl/N-ethyl adjacent to an activating group) is 1. The summed E-state index contributed by atoms with van der Waals surface area (Å²) in [4.78, 5) is 8.80. The minimum atomic E-state index is 0.528. The van der Waals surface area contributed by atoms with E-state index in [9.17, 15) is 0 Å². The molecule has 0 aliphatic carbocycles. The molecule has 4 rings (SSSR count). The van der Waals surface area contributed by atoms with Crippen LogP contribution in [-0.4, -0.2) is 53.3 Å². The summed E-state index contributed by atoms with van der Waals surface area (Å²) in [6.45, 7) is 3.93. The summed E-state index contributed by atoms with van der Waals surface area (Å²) in [6.07, 6.45) is 3.60. The molecule has 1 aliphatic rings. The molecule has 1 fully saturated rings. The summed E-state index contributed by atoms with van der Waals surface area (Å²) < 4.78 is 0. The Labute approximate surface area is 162 Å². The molecule has 3 aromatic rings. The van der Waals surface area contributed by atoms with Crippen LogP contribution in [0.25, 0.3) is 22.4 Å². The quantitative estimate of drug-likeness (QED) is 0.731. The molecular formula is C19H19Cl2N5. The average molecular weight is 388 g/mol. The van der Waals surface area contributed by atoms with Crippen molar-refractivity contribution in [1.82, 2.24) is 20.1 Å². The van der Waals surface area contributed by atoms with Gasteiger partial charge in [0.15, 0.2) is 5.82 Å². The molecule has 0 atom stereocenters. The minimum absolute atomic E-state index is 0.528. The first-order chi connectivity index (χ1) is 12.6. The zero-order valence-corrected chi connectivity index (χ0v) is 15.9. The van der Waals surface area contributed by atoms with Crippen LogP contribution in [0.1, 0.15) is 0 Å². The number of hydrogen-bond donors (Lipinski definition) is 1. The van der Waals surface area contributed by atoms with Gasteiger partial charge in [-0.25, -0.2) is 0 Å². The third-order valence-electron chi connectivity index (χ3n) is 4.73. The van der Waals surface area contributed by atoms with Crippen LogP contribution in [0.2, 0.25) is 10.0 Å². The maximum absolute atomic E-state index is 6.24. The summed E-state index contributed by atoms with van der Waals surface area (Å²) in [7, 11) is 2.15. The van der Waals surface area contributed by atoms with Crippen molar-refractivity contribution in [1.29, 1.82) is 0 Å². The molecule has 1 saturated heterocycles. The summed E-state index contributed by atoms with van der Waals surface area (Å²) in [5, 5.41) is 8.94. The Morgan fingerprint density at radius 1 is 0.923 bits per heavy atom. The van der Waals surface area contributed by atoms with Crippen LogP contribution in [0.5, 0.6) is 0 Å². The molecule has 26 heavy (non-hydrogen) atoms. The first kappa shape index (κ1) is 17.3. The summed E-state index contributed by atoms with van der Waals surface area (Å²) in [5.41, 5.74) is 4.03. The van der Waals surface area contributed by atoms with Crippen molar-refractivity contribution in [3.05, 3.63) is 52.8 Å². The largest absolute Gasteiger partial charge is 0.352 e. The van der Waals surface area contributed by atoms with Crippen molar-refractivity contribution in [3.8, 4) is 22.4 Å². The molecule has 5 nitrogen and oxygen atoms in total. The lowest BCUT2D eigenvalue weighted by Crippen LogP contribution is -2.44. The van der Waals surface area contributed by atoms with Gasteiger partial charge in [0.05, 0.1) is 21.3 Å². The number of aromatic nitrogens is 3. The molecule has 0 unspecified atom stereocenters. The van der Waals surface area contributed by atoms with E-state index >= 15 is 0 Å². The highest BCUT2D eigenvalue weighted by Gasteiger charge is 2.24. The first-order valence-electron chi connectivity index (χ1n) is 8.51. The van der Waals surface area contributed by atoms with Crippen molar-refractivity contribution in [2.24, 2.45) is 0 Å². The molecule has 1 N–H and O–H groups in total. The minimum Gasteiger partial charge on any atom is -0.352 e. The molecule has 134 valence electrons.